The molecule has 1 unspecified atom stereocenters. The van der Waals surface area contributed by atoms with E-state index in [4.69, 9.17) is 0 Å². The van der Waals surface area contributed by atoms with Crippen LogP contribution in [0.4, 0.5) is 0 Å². The van der Waals surface area contributed by atoms with Crippen LogP contribution < -0.4 is 10.6 Å². The molecule has 0 saturated carbocycles. The average Bonchev–Trinajstić information content (AvgIpc) is 2.53. The highest BCUT2D eigenvalue weighted by Gasteiger charge is 2.08. The maximum absolute atomic E-state index is 11.4. The van der Waals surface area contributed by atoms with E-state index in [1.807, 2.05) is 12.1 Å². The number of hydrogen-bond donors (Lipinski definition) is 2. The highest BCUT2D eigenvalue weighted by Crippen LogP contribution is 2.06. The highest BCUT2D eigenvalue weighted by atomic mass is 16.5. The number of hydrogen-bond acceptors (Lipinski definition) is 3. The van der Waals surface area contributed by atoms with Crippen molar-refractivity contribution < 1.29 is 9.53 Å². The summed E-state index contributed by atoms with van der Waals surface area (Å²) in [5.74, 6) is 1.05. The van der Waals surface area contributed by atoms with Crippen molar-refractivity contribution in [1.29, 1.82) is 0 Å². The Morgan fingerprint density at radius 1 is 1.23 bits per heavy atom. The second-order valence-corrected chi connectivity index (χ2v) is 5.61. The number of ether oxygens (including phenoxy) is 1. The molecule has 0 aliphatic carbocycles. The zero-order valence-corrected chi connectivity index (χ0v) is 14.1. The van der Waals surface area contributed by atoms with Gasteiger partial charge in [0.05, 0.1) is 12.7 Å². The van der Waals surface area contributed by atoms with Crippen molar-refractivity contribution in [1.82, 2.24) is 10.6 Å². The largest absolute Gasteiger partial charge is 0.465 e. The van der Waals surface area contributed by atoms with Crippen LogP contribution >= 0.6 is 0 Å². The van der Waals surface area contributed by atoms with Gasteiger partial charge in [-0.3, -0.25) is 4.99 Å². The number of methoxy groups -OCH3 is 1. The molecule has 0 saturated heterocycles. The molecule has 0 aromatic heterocycles. The molecule has 0 fully saturated rings. The smallest absolute Gasteiger partial charge is 0.337 e. The SMILES string of the molecule is CN=C(NCCc1ccc(C(=O)OC)cc1)NC(C)C(C)C. The Labute approximate surface area is 133 Å². The van der Waals surface area contributed by atoms with Gasteiger partial charge < -0.3 is 15.4 Å². The fourth-order valence-electron chi connectivity index (χ4n) is 1.83. The second kappa shape index (κ2) is 9.07. The van der Waals surface area contributed by atoms with Gasteiger partial charge in [-0.05, 0) is 37.0 Å². The number of benzene rings is 1. The number of nitrogens with zero attached hydrogens (tertiary/aromatic N) is 1. The first-order valence-corrected chi connectivity index (χ1v) is 7.62. The maximum Gasteiger partial charge on any atom is 0.337 e. The van der Waals surface area contributed by atoms with E-state index in [-0.39, 0.29) is 5.97 Å². The van der Waals surface area contributed by atoms with E-state index in [1.54, 1.807) is 19.2 Å². The van der Waals surface area contributed by atoms with Gasteiger partial charge in [0.25, 0.3) is 0 Å². The maximum atomic E-state index is 11.4. The lowest BCUT2D eigenvalue weighted by Crippen LogP contribution is -2.44. The number of aliphatic imine (C=N–C) groups is 1. The summed E-state index contributed by atoms with van der Waals surface area (Å²) in [6, 6.07) is 7.83. The van der Waals surface area contributed by atoms with E-state index < -0.39 is 0 Å². The van der Waals surface area contributed by atoms with Crippen LogP contribution in [0.3, 0.4) is 0 Å². The predicted molar refractivity (Wildman–Crippen MR) is 90.3 cm³/mol. The quantitative estimate of drug-likeness (QED) is 0.480. The Morgan fingerprint density at radius 3 is 2.36 bits per heavy atom. The highest BCUT2D eigenvalue weighted by molar-refractivity contribution is 5.89. The van der Waals surface area contributed by atoms with Crippen LogP contribution in [-0.4, -0.2) is 38.7 Å². The molecular formula is C17H27N3O2. The molecule has 0 aliphatic rings. The summed E-state index contributed by atoms with van der Waals surface area (Å²) >= 11 is 0. The zero-order valence-electron chi connectivity index (χ0n) is 14.1. The lowest BCUT2D eigenvalue weighted by Gasteiger charge is -2.20. The first-order valence-electron chi connectivity index (χ1n) is 7.62. The van der Waals surface area contributed by atoms with Crippen LogP contribution in [0.5, 0.6) is 0 Å². The molecule has 1 aromatic rings. The average molecular weight is 305 g/mol. The first kappa shape index (κ1) is 18.0. The molecule has 22 heavy (non-hydrogen) atoms. The molecule has 0 bridgehead atoms. The van der Waals surface area contributed by atoms with E-state index in [9.17, 15) is 4.79 Å². The molecular weight excluding hydrogens is 278 g/mol. The molecule has 1 rings (SSSR count). The van der Waals surface area contributed by atoms with E-state index in [1.165, 1.54) is 7.11 Å². The van der Waals surface area contributed by atoms with Crippen molar-refractivity contribution in [3.63, 3.8) is 0 Å². The zero-order chi connectivity index (χ0) is 16.5. The molecule has 0 amide bonds. The monoisotopic (exact) mass is 305 g/mol. The molecule has 5 nitrogen and oxygen atoms in total. The Balaban J connectivity index is 2.44. The summed E-state index contributed by atoms with van der Waals surface area (Å²) in [5, 5.41) is 6.66. The van der Waals surface area contributed by atoms with E-state index in [2.05, 4.69) is 41.1 Å². The number of rotatable bonds is 6. The van der Waals surface area contributed by atoms with Crippen LogP contribution in [0.2, 0.25) is 0 Å². The lowest BCUT2D eigenvalue weighted by atomic mass is 10.1. The van der Waals surface area contributed by atoms with E-state index in [0.29, 0.717) is 17.5 Å². The number of esters is 1. The number of nitrogens with one attached hydrogen (secondary N) is 2. The Hall–Kier alpha value is -2.04. The summed E-state index contributed by atoms with van der Waals surface area (Å²) in [4.78, 5) is 15.6. The third kappa shape index (κ3) is 5.76. The van der Waals surface area contributed by atoms with Gasteiger partial charge in [0.1, 0.15) is 0 Å². The summed E-state index contributed by atoms with van der Waals surface area (Å²) in [6.45, 7) is 7.27. The molecule has 0 radical (unpaired) electrons. The summed E-state index contributed by atoms with van der Waals surface area (Å²) in [7, 11) is 3.16. The molecule has 0 spiro atoms. The van der Waals surface area contributed by atoms with Crippen LogP contribution in [0.15, 0.2) is 29.3 Å². The minimum absolute atomic E-state index is 0.308. The van der Waals surface area contributed by atoms with Gasteiger partial charge in [-0.25, -0.2) is 4.79 Å². The van der Waals surface area contributed by atoms with E-state index >= 15 is 0 Å². The minimum atomic E-state index is -0.308. The molecule has 1 aromatic carbocycles. The van der Waals surface area contributed by atoms with Crippen molar-refractivity contribution in [2.45, 2.75) is 33.2 Å². The van der Waals surface area contributed by atoms with Gasteiger partial charge in [0.15, 0.2) is 5.96 Å². The van der Waals surface area contributed by atoms with Crippen LogP contribution in [0, 0.1) is 5.92 Å². The second-order valence-electron chi connectivity index (χ2n) is 5.61. The lowest BCUT2D eigenvalue weighted by molar-refractivity contribution is 0.0600. The van der Waals surface area contributed by atoms with Gasteiger partial charge in [-0.2, -0.15) is 0 Å². The van der Waals surface area contributed by atoms with Crippen molar-refractivity contribution in [2.24, 2.45) is 10.9 Å². The van der Waals surface area contributed by atoms with Gasteiger partial charge in [-0.1, -0.05) is 26.0 Å². The predicted octanol–water partition coefficient (Wildman–Crippen LogP) is 2.23. The van der Waals surface area contributed by atoms with E-state index in [0.717, 1.165) is 24.5 Å². The first-order chi connectivity index (χ1) is 10.5. The van der Waals surface area contributed by atoms with Crippen LogP contribution in [0.25, 0.3) is 0 Å². The van der Waals surface area contributed by atoms with Gasteiger partial charge in [-0.15, -0.1) is 0 Å². The Morgan fingerprint density at radius 2 is 1.86 bits per heavy atom. The molecule has 0 aliphatic heterocycles. The molecule has 2 N–H and O–H groups in total. The Kier molecular flexibility index (Phi) is 7.43. The molecule has 5 heteroatoms. The van der Waals surface area contributed by atoms with Gasteiger partial charge in [0.2, 0.25) is 0 Å². The number of guanidine groups is 1. The molecule has 122 valence electrons. The summed E-state index contributed by atoms with van der Waals surface area (Å²) < 4.78 is 4.68. The van der Waals surface area contributed by atoms with Crippen LogP contribution in [-0.2, 0) is 11.2 Å². The molecule has 1 atom stereocenters. The third-order valence-corrected chi connectivity index (χ3v) is 3.67. The van der Waals surface area contributed by atoms with Crippen molar-refractivity contribution >= 4 is 11.9 Å². The van der Waals surface area contributed by atoms with Crippen molar-refractivity contribution in [3.8, 4) is 0 Å². The molecule has 0 heterocycles. The topological polar surface area (TPSA) is 62.7 Å². The minimum Gasteiger partial charge on any atom is -0.465 e. The third-order valence-electron chi connectivity index (χ3n) is 3.67. The van der Waals surface area contributed by atoms with Gasteiger partial charge >= 0.3 is 5.97 Å². The van der Waals surface area contributed by atoms with Crippen molar-refractivity contribution in [2.75, 3.05) is 20.7 Å². The van der Waals surface area contributed by atoms with Gasteiger partial charge in [0, 0.05) is 19.6 Å². The van der Waals surface area contributed by atoms with Crippen molar-refractivity contribution in [3.05, 3.63) is 35.4 Å². The fraction of sp³-hybridized carbons (Fsp3) is 0.529. The summed E-state index contributed by atoms with van der Waals surface area (Å²) in [5.41, 5.74) is 1.73. The Bertz CT molecular complexity index is 495. The fourth-order valence-corrected chi connectivity index (χ4v) is 1.83. The number of carbonyl (C=O) groups is 1. The normalized spacial score (nSPS) is 12.9. The number of carbonyl (C=O) groups excluding carboxylic acids is 1. The van der Waals surface area contributed by atoms with Crippen LogP contribution in [0.1, 0.15) is 36.7 Å². The summed E-state index contributed by atoms with van der Waals surface area (Å²) in [6.07, 6.45) is 0.859. The standard InChI is InChI=1S/C17H27N3O2/c1-12(2)13(3)20-17(18-4)19-11-10-14-6-8-15(9-7-14)16(21)22-5/h6-9,12-13H,10-11H2,1-5H3,(H2,18,19,20).